The average molecular weight is 307 g/mol. The molecular formula is C8H3ClINO2. The summed E-state index contributed by atoms with van der Waals surface area (Å²) >= 11 is 7.64. The Morgan fingerprint density at radius 3 is 2.69 bits per heavy atom. The van der Waals surface area contributed by atoms with Crippen LogP contribution in [0.5, 0.6) is 0 Å². The summed E-state index contributed by atoms with van der Waals surface area (Å²) in [4.78, 5) is 10.7. The molecule has 0 bridgehead atoms. The van der Waals surface area contributed by atoms with E-state index in [4.69, 9.17) is 22.0 Å². The van der Waals surface area contributed by atoms with Gasteiger partial charge in [0, 0.05) is 3.57 Å². The number of hydrogen-bond donors (Lipinski definition) is 1. The minimum atomic E-state index is -1.18. The normalized spacial score (nSPS) is 9.31. The van der Waals surface area contributed by atoms with Gasteiger partial charge >= 0.3 is 5.97 Å². The van der Waals surface area contributed by atoms with Gasteiger partial charge in [-0.3, -0.25) is 0 Å². The second-order valence-electron chi connectivity index (χ2n) is 2.20. The molecule has 0 saturated heterocycles. The molecule has 0 unspecified atom stereocenters. The second kappa shape index (κ2) is 3.94. The van der Waals surface area contributed by atoms with E-state index in [0.29, 0.717) is 3.57 Å². The third-order valence-corrected chi connectivity index (χ3v) is 3.04. The van der Waals surface area contributed by atoms with Gasteiger partial charge in [-0.2, -0.15) is 5.26 Å². The highest BCUT2D eigenvalue weighted by Crippen LogP contribution is 2.25. The number of aromatic carboxylic acids is 1. The minimum Gasteiger partial charge on any atom is -0.478 e. The van der Waals surface area contributed by atoms with Crippen LogP contribution in [0.2, 0.25) is 5.02 Å². The summed E-state index contributed by atoms with van der Waals surface area (Å²) < 4.78 is 0.621. The first-order chi connectivity index (χ1) is 6.07. The summed E-state index contributed by atoms with van der Waals surface area (Å²) in [6.45, 7) is 0. The molecule has 0 fully saturated rings. The van der Waals surface area contributed by atoms with Gasteiger partial charge in [0.2, 0.25) is 0 Å². The van der Waals surface area contributed by atoms with Gasteiger partial charge in [0.15, 0.2) is 0 Å². The maximum atomic E-state index is 10.7. The Bertz CT molecular complexity index is 411. The number of nitriles is 1. The quantitative estimate of drug-likeness (QED) is 0.811. The van der Waals surface area contributed by atoms with Crippen LogP contribution in [-0.4, -0.2) is 11.1 Å². The Labute approximate surface area is 93.1 Å². The topological polar surface area (TPSA) is 61.1 Å². The molecule has 0 radical (unpaired) electrons. The van der Waals surface area contributed by atoms with Crippen LogP contribution in [0.3, 0.4) is 0 Å². The van der Waals surface area contributed by atoms with Crippen LogP contribution in [0.15, 0.2) is 12.1 Å². The zero-order valence-corrected chi connectivity index (χ0v) is 9.13. The Morgan fingerprint density at radius 1 is 1.62 bits per heavy atom. The molecule has 0 heterocycles. The molecule has 5 heteroatoms. The van der Waals surface area contributed by atoms with E-state index in [1.165, 1.54) is 6.07 Å². The van der Waals surface area contributed by atoms with Crippen LogP contribution in [0.1, 0.15) is 15.9 Å². The number of carbonyl (C=O) groups is 1. The first-order valence-corrected chi connectivity index (χ1v) is 4.65. The lowest BCUT2D eigenvalue weighted by Crippen LogP contribution is -2.02. The zero-order valence-electron chi connectivity index (χ0n) is 6.21. The van der Waals surface area contributed by atoms with E-state index in [1.807, 2.05) is 22.6 Å². The number of rotatable bonds is 1. The third-order valence-electron chi connectivity index (χ3n) is 1.43. The number of benzene rings is 1. The summed E-state index contributed by atoms with van der Waals surface area (Å²) in [5, 5.41) is 17.5. The fourth-order valence-electron chi connectivity index (χ4n) is 0.853. The molecule has 0 atom stereocenters. The zero-order chi connectivity index (χ0) is 10.0. The van der Waals surface area contributed by atoms with Crippen molar-refractivity contribution in [1.82, 2.24) is 0 Å². The Hall–Kier alpha value is -0.800. The molecule has 0 aromatic heterocycles. The Kier molecular flexibility index (Phi) is 3.12. The van der Waals surface area contributed by atoms with E-state index < -0.39 is 5.97 Å². The predicted molar refractivity (Wildman–Crippen MR) is 55.8 cm³/mol. The van der Waals surface area contributed by atoms with E-state index in [2.05, 4.69) is 0 Å². The molecule has 3 nitrogen and oxygen atoms in total. The van der Waals surface area contributed by atoms with Crippen molar-refractivity contribution in [3.8, 4) is 6.07 Å². The average Bonchev–Trinajstić information content (AvgIpc) is 2.08. The van der Waals surface area contributed by atoms with Crippen LogP contribution >= 0.6 is 34.2 Å². The highest BCUT2D eigenvalue weighted by molar-refractivity contribution is 14.1. The van der Waals surface area contributed by atoms with E-state index >= 15 is 0 Å². The van der Waals surface area contributed by atoms with Crippen LogP contribution < -0.4 is 0 Å². The lowest BCUT2D eigenvalue weighted by Gasteiger charge is -2.02. The second-order valence-corrected chi connectivity index (χ2v) is 3.74. The van der Waals surface area contributed by atoms with Crippen LogP contribution in [0.25, 0.3) is 0 Å². The molecule has 1 aromatic rings. The van der Waals surface area contributed by atoms with Gasteiger partial charge in [0.05, 0.1) is 16.1 Å². The van der Waals surface area contributed by atoms with Crippen LogP contribution in [0.4, 0.5) is 0 Å². The fraction of sp³-hybridized carbons (Fsp3) is 0. The van der Waals surface area contributed by atoms with Gasteiger partial charge in [-0.15, -0.1) is 0 Å². The molecular weight excluding hydrogens is 304 g/mol. The predicted octanol–water partition coefficient (Wildman–Crippen LogP) is 2.51. The van der Waals surface area contributed by atoms with Crippen molar-refractivity contribution in [2.24, 2.45) is 0 Å². The van der Waals surface area contributed by atoms with Gasteiger partial charge in [-0.05, 0) is 34.7 Å². The van der Waals surface area contributed by atoms with Crippen molar-refractivity contribution in [1.29, 1.82) is 5.26 Å². The molecule has 0 aliphatic rings. The standard InChI is InChI=1S/C8H3ClINO2/c9-7-5(10)2-1-4(3-11)6(7)8(12)13/h1-2H,(H,12,13). The van der Waals surface area contributed by atoms with Crippen molar-refractivity contribution < 1.29 is 9.90 Å². The highest BCUT2D eigenvalue weighted by Gasteiger charge is 2.16. The Balaban J connectivity index is 3.53. The van der Waals surface area contributed by atoms with E-state index in [-0.39, 0.29) is 16.1 Å². The first-order valence-electron chi connectivity index (χ1n) is 3.19. The van der Waals surface area contributed by atoms with E-state index in [1.54, 1.807) is 12.1 Å². The summed E-state index contributed by atoms with van der Waals surface area (Å²) in [6.07, 6.45) is 0. The van der Waals surface area contributed by atoms with Gasteiger partial charge in [-0.1, -0.05) is 11.6 Å². The molecule has 0 aliphatic carbocycles. The largest absolute Gasteiger partial charge is 0.478 e. The minimum absolute atomic E-state index is 0.0814. The summed E-state index contributed by atoms with van der Waals surface area (Å²) in [5.41, 5.74) is -0.0472. The van der Waals surface area contributed by atoms with Crippen molar-refractivity contribution >= 4 is 40.2 Å². The number of nitrogens with zero attached hydrogens (tertiary/aromatic N) is 1. The maximum absolute atomic E-state index is 10.7. The van der Waals surface area contributed by atoms with Crippen molar-refractivity contribution in [2.75, 3.05) is 0 Å². The molecule has 0 amide bonds. The summed E-state index contributed by atoms with van der Waals surface area (Å²) in [7, 11) is 0. The SMILES string of the molecule is N#Cc1ccc(I)c(Cl)c1C(=O)O. The van der Waals surface area contributed by atoms with Gasteiger partial charge in [0.1, 0.15) is 6.07 Å². The Morgan fingerprint density at radius 2 is 2.23 bits per heavy atom. The van der Waals surface area contributed by atoms with Crippen molar-refractivity contribution in [2.45, 2.75) is 0 Å². The molecule has 1 rings (SSSR count). The number of halogens is 2. The third kappa shape index (κ3) is 1.92. The van der Waals surface area contributed by atoms with Crippen LogP contribution in [0, 0.1) is 14.9 Å². The lowest BCUT2D eigenvalue weighted by molar-refractivity contribution is 0.0696. The van der Waals surface area contributed by atoms with Crippen molar-refractivity contribution in [3.05, 3.63) is 31.9 Å². The molecule has 66 valence electrons. The van der Waals surface area contributed by atoms with Gasteiger partial charge in [-0.25, -0.2) is 4.79 Å². The lowest BCUT2D eigenvalue weighted by atomic mass is 10.1. The van der Waals surface area contributed by atoms with Gasteiger partial charge in [0.25, 0.3) is 0 Å². The molecule has 0 spiro atoms. The molecule has 1 aromatic carbocycles. The smallest absolute Gasteiger partial charge is 0.338 e. The van der Waals surface area contributed by atoms with Crippen LogP contribution in [-0.2, 0) is 0 Å². The molecule has 13 heavy (non-hydrogen) atoms. The monoisotopic (exact) mass is 307 g/mol. The number of carboxylic acid groups (broad SMARTS) is 1. The number of hydrogen-bond acceptors (Lipinski definition) is 2. The van der Waals surface area contributed by atoms with E-state index in [0.717, 1.165) is 0 Å². The van der Waals surface area contributed by atoms with Crippen molar-refractivity contribution in [3.63, 3.8) is 0 Å². The molecule has 0 saturated carbocycles. The maximum Gasteiger partial charge on any atom is 0.338 e. The summed E-state index contributed by atoms with van der Waals surface area (Å²) in [6, 6.07) is 4.82. The molecule has 1 N–H and O–H groups in total. The van der Waals surface area contributed by atoms with E-state index in [9.17, 15) is 4.79 Å². The number of carboxylic acids is 1. The molecule has 0 aliphatic heterocycles. The fourth-order valence-corrected chi connectivity index (χ4v) is 1.55. The summed E-state index contributed by atoms with van der Waals surface area (Å²) in [5.74, 6) is -1.18. The van der Waals surface area contributed by atoms with Gasteiger partial charge < -0.3 is 5.11 Å². The highest BCUT2D eigenvalue weighted by atomic mass is 127. The first kappa shape index (κ1) is 10.3.